The Morgan fingerprint density at radius 2 is 2.56 bits per heavy atom. The summed E-state index contributed by atoms with van der Waals surface area (Å²) in [4.78, 5) is 18.4. The van der Waals surface area contributed by atoms with Crippen molar-refractivity contribution in [3.63, 3.8) is 0 Å². The summed E-state index contributed by atoms with van der Waals surface area (Å²) in [5.74, 6) is 0.615. The van der Waals surface area contributed by atoms with E-state index in [4.69, 9.17) is 0 Å². The van der Waals surface area contributed by atoms with Crippen LogP contribution >= 0.6 is 11.3 Å². The van der Waals surface area contributed by atoms with Gasteiger partial charge in [0.05, 0.1) is 6.04 Å². The normalized spacial score (nSPS) is 21.7. The number of nitrogens with one attached hydrogen (secondary N) is 1. The Kier molecular flexibility index (Phi) is 4.58. The summed E-state index contributed by atoms with van der Waals surface area (Å²) in [7, 11) is 0. The predicted octanol–water partition coefficient (Wildman–Crippen LogP) is 3.04. The molecule has 2 atom stereocenters. The van der Waals surface area contributed by atoms with Gasteiger partial charge in [-0.1, -0.05) is 13.8 Å². The first-order valence-corrected chi connectivity index (χ1v) is 7.53. The van der Waals surface area contributed by atoms with Gasteiger partial charge in [0.1, 0.15) is 5.01 Å². The summed E-state index contributed by atoms with van der Waals surface area (Å²) in [6, 6.07) is 0.110. The number of hydrogen-bond donors (Lipinski definition) is 1. The Morgan fingerprint density at radius 3 is 3.17 bits per heavy atom. The van der Waals surface area contributed by atoms with E-state index in [0.717, 1.165) is 30.9 Å². The monoisotopic (exact) mass is 267 g/mol. The zero-order valence-electron chi connectivity index (χ0n) is 11.1. The summed E-state index contributed by atoms with van der Waals surface area (Å²) in [5.41, 5.74) is 0. The van der Waals surface area contributed by atoms with E-state index in [9.17, 15) is 4.79 Å². The lowest BCUT2D eigenvalue weighted by atomic mass is 10.0. The molecular formula is C13H21N3OS. The van der Waals surface area contributed by atoms with Crippen LogP contribution < -0.4 is 5.32 Å². The molecule has 2 heterocycles. The van der Waals surface area contributed by atoms with E-state index in [2.05, 4.69) is 24.1 Å². The second-order valence-corrected chi connectivity index (χ2v) is 5.90. The number of rotatable bonds is 3. The Hall–Kier alpha value is -1.10. The van der Waals surface area contributed by atoms with Crippen LogP contribution in [0.4, 0.5) is 4.79 Å². The molecule has 2 unspecified atom stereocenters. The van der Waals surface area contributed by atoms with Gasteiger partial charge in [0.15, 0.2) is 0 Å². The summed E-state index contributed by atoms with van der Waals surface area (Å²) in [5, 5.41) is 6.04. The number of carbonyl (C=O) groups excluding carboxylic acids is 1. The van der Waals surface area contributed by atoms with Crippen molar-refractivity contribution in [2.45, 2.75) is 39.2 Å². The average Bonchev–Trinajstić information content (AvgIpc) is 2.89. The van der Waals surface area contributed by atoms with Crippen LogP contribution in [0.5, 0.6) is 0 Å². The average molecular weight is 267 g/mol. The largest absolute Gasteiger partial charge is 0.329 e. The van der Waals surface area contributed by atoms with Crippen molar-refractivity contribution >= 4 is 17.4 Å². The van der Waals surface area contributed by atoms with E-state index in [1.54, 1.807) is 17.5 Å². The van der Waals surface area contributed by atoms with Crippen molar-refractivity contribution in [2.24, 2.45) is 5.92 Å². The lowest BCUT2D eigenvalue weighted by Gasteiger charge is -2.32. The quantitative estimate of drug-likeness (QED) is 0.915. The molecular weight excluding hydrogens is 246 g/mol. The molecule has 1 aromatic heterocycles. The number of amides is 2. The predicted molar refractivity (Wildman–Crippen MR) is 73.6 cm³/mol. The van der Waals surface area contributed by atoms with Gasteiger partial charge in [-0.15, -0.1) is 11.3 Å². The fourth-order valence-corrected chi connectivity index (χ4v) is 3.13. The Morgan fingerprint density at radius 1 is 1.72 bits per heavy atom. The van der Waals surface area contributed by atoms with Crippen LogP contribution in [-0.4, -0.2) is 29.0 Å². The summed E-state index contributed by atoms with van der Waals surface area (Å²) in [6.07, 6.45) is 5.01. The Labute approximate surface area is 112 Å². The molecule has 0 bridgehead atoms. The molecule has 100 valence electrons. The number of carbonyl (C=O) groups is 1. The van der Waals surface area contributed by atoms with E-state index >= 15 is 0 Å². The number of thiazole rings is 1. The second-order valence-electron chi connectivity index (χ2n) is 4.97. The van der Waals surface area contributed by atoms with Crippen molar-refractivity contribution in [3.8, 4) is 0 Å². The molecule has 0 saturated carbocycles. The van der Waals surface area contributed by atoms with E-state index in [1.165, 1.54) is 6.42 Å². The molecule has 0 aliphatic carbocycles. The molecule has 0 spiro atoms. The highest BCUT2D eigenvalue weighted by atomic mass is 32.1. The standard InChI is InChI=1S/C13H21N3OS/c1-3-11(12-14-6-8-18-12)15-13(17)16-7-4-5-10(2)9-16/h6,8,10-11H,3-5,7,9H2,1-2H3,(H,15,17). The SMILES string of the molecule is CCC(NC(=O)N1CCCC(C)C1)c1nccs1. The van der Waals surface area contributed by atoms with E-state index in [0.29, 0.717) is 5.92 Å². The Bertz CT molecular complexity index is 380. The zero-order valence-corrected chi connectivity index (χ0v) is 11.9. The third kappa shape index (κ3) is 3.22. The van der Waals surface area contributed by atoms with Crippen molar-refractivity contribution < 1.29 is 4.79 Å². The molecule has 1 fully saturated rings. The number of hydrogen-bond acceptors (Lipinski definition) is 3. The number of nitrogens with zero attached hydrogens (tertiary/aromatic N) is 2. The third-order valence-corrected chi connectivity index (χ3v) is 4.29. The van der Waals surface area contributed by atoms with Gasteiger partial charge in [0.25, 0.3) is 0 Å². The van der Waals surface area contributed by atoms with Crippen molar-refractivity contribution in [2.75, 3.05) is 13.1 Å². The summed E-state index contributed by atoms with van der Waals surface area (Å²) in [6.45, 7) is 6.04. The molecule has 4 nitrogen and oxygen atoms in total. The van der Waals surface area contributed by atoms with E-state index in [1.807, 2.05) is 10.3 Å². The van der Waals surface area contributed by atoms with Crippen LogP contribution in [0.15, 0.2) is 11.6 Å². The van der Waals surface area contributed by atoms with Gasteiger partial charge in [-0.2, -0.15) is 0 Å². The molecule has 1 saturated heterocycles. The summed E-state index contributed by atoms with van der Waals surface area (Å²) < 4.78 is 0. The van der Waals surface area contributed by atoms with Crippen LogP contribution in [0.2, 0.25) is 0 Å². The van der Waals surface area contributed by atoms with Crippen LogP contribution in [0.3, 0.4) is 0 Å². The zero-order chi connectivity index (χ0) is 13.0. The van der Waals surface area contributed by atoms with Crippen molar-refractivity contribution in [3.05, 3.63) is 16.6 Å². The molecule has 1 aliphatic rings. The maximum atomic E-state index is 12.2. The van der Waals surface area contributed by atoms with Gasteiger partial charge in [-0.05, 0) is 25.2 Å². The number of aromatic nitrogens is 1. The third-order valence-electron chi connectivity index (χ3n) is 3.40. The van der Waals surface area contributed by atoms with Gasteiger partial charge >= 0.3 is 6.03 Å². The van der Waals surface area contributed by atoms with Gasteiger partial charge in [-0.25, -0.2) is 9.78 Å². The lowest BCUT2D eigenvalue weighted by molar-refractivity contribution is 0.166. The minimum atomic E-state index is 0.0507. The molecule has 1 aliphatic heterocycles. The van der Waals surface area contributed by atoms with Gasteiger partial charge in [0, 0.05) is 24.7 Å². The maximum absolute atomic E-state index is 12.2. The Balaban J connectivity index is 1.93. The lowest BCUT2D eigenvalue weighted by Crippen LogP contribution is -2.46. The number of urea groups is 1. The van der Waals surface area contributed by atoms with Crippen LogP contribution in [0, 0.1) is 5.92 Å². The first-order chi connectivity index (χ1) is 8.70. The smallest absolute Gasteiger partial charge is 0.317 e. The molecule has 2 rings (SSSR count). The second kappa shape index (κ2) is 6.18. The molecule has 18 heavy (non-hydrogen) atoms. The summed E-state index contributed by atoms with van der Waals surface area (Å²) >= 11 is 1.60. The number of likely N-dealkylation sites (tertiary alicyclic amines) is 1. The highest BCUT2D eigenvalue weighted by Gasteiger charge is 2.23. The maximum Gasteiger partial charge on any atom is 0.317 e. The highest BCUT2D eigenvalue weighted by Crippen LogP contribution is 2.20. The molecule has 0 radical (unpaired) electrons. The molecule has 0 aromatic carbocycles. The van der Waals surface area contributed by atoms with Crippen LogP contribution in [0.1, 0.15) is 44.2 Å². The molecule has 1 aromatic rings. The van der Waals surface area contributed by atoms with Crippen molar-refractivity contribution in [1.29, 1.82) is 0 Å². The first kappa shape index (κ1) is 13.3. The molecule has 2 amide bonds. The molecule has 1 N–H and O–H groups in total. The fourth-order valence-electron chi connectivity index (χ4n) is 2.36. The van der Waals surface area contributed by atoms with E-state index < -0.39 is 0 Å². The highest BCUT2D eigenvalue weighted by molar-refractivity contribution is 7.09. The minimum absolute atomic E-state index is 0.0507. The number of piperidine rings is 1. The topological polar surface area (TPSA) is 45.2 Å². The van der Waals surface area contributed by atoms with Crippen molar-refractivity contribution in [1.82, 2.24) is 15.2 Å². The van der Waals surface area contributed by atoms with Crippen LogP contribution in [0.25, 0.3) is 0 Å². The van der Waals surface area contributed by atoms with Gasteiger partial charge in [0.2, 0.25) is 0 Å². The van der Waals surface area contributed by atoms with Crippen LogP contribution in [-0.2, 0) is 0 Å². The van der Waals surface area contributed by atoms with E-state index in [-0.39, 0.29) is 12.1 Å². The fraction of sp³-hybridized carbons (Fsp3) is 0.692. The minimum Gasteiger partial charge on any atom is -0.329 e. The molecule has 5 heteroatoms. The van der Waals surface area contributed by atoms with Gasteiger partial charge in [-0.3, -0.25) is 0 Å². The first-order valence-electron chi connectivity index (χ1n) is 6.65. The van der Waals surface area contributed by atoms with Gasteiger partial charge < -0.3 is 10.2 Å².